The van der Waals surface area contributed by atoms with E-state index >= 15 is 0 Å². The van der Waals surface area contributed by atoms with Gasteiger partial charge >= 0.3 is 5.51 Å². The number of nitrogens with one attached hydrogen (secondary N) is 1. The molecule has 1 aromatic rings. The molecular formula is C12H13F3N2O3S. The van der Waals surface area contributed by atoms with Crippen molar-refractivity contribution in [3.05, 3.63) is 24.3 Å². The molecule has 1 amide bonds. The zero-order chi connectivity index (χ0) is 15.8. The van der Waals surface area contributed by atoms with Crippen LogP contribution in [0.5, 0.6) is 0 Å². The molecule has 1 aromatic carbocycles. The van der Waals surface area contributed by atoms with Crippen LogP contribution in [0.3, 0.4) is 0 Å². The van der Waals surface area contributed by atoms with Crippen molar-refractivity contribution in [2.75, 3.05) is 18.9 Å². The van der Waals surface area contributed by atoms with Gasteiger partial charge in [0.25, 0.3) is 9.84 Å². The van der Waals surface area contributed by atoms with Gasteiger partial charge in [-0.1, -0.05) is 12.1 Å². The number of carbonyl (C=O) groups is 1. The minimum absolute atomic E-state index is 0.219. The lowest BCUT2D eigenvalue weighted by Crippen LogP contribution is -2.32. The first-order valence-electron chi connectivity index (χ1n) is 6.06. The Labute approximate surface area is 119 Å². The van der Waals surface area contributed by atoms with Crippen molar-refractivity contribution in [1.29, 1.82) is 0 Å². The standard InChI is InChI=1S/C12H13F3N2O3S/c1-17-7-6-9(11(17)18)16-8-4-2-3-5-10(8)21(19,20)12(13,14)15/h2-5,9,16H,6-7H2,1H3. The number of hydrogen-bond acceptors (Lipinski definition) is 4. The molecular weight excluding hydrogens is 309 g/mol. The third-order valence-electron chi connectivity index (χ3n) is 3.24. The Bertz CT molecular complexity index is 658. The molecule has 5 nitrogen and oxygen atoms in total. The van der Waals surface area contributed by atoms with Crippen LogP contribution < -0.4 is 5.32 Å². The molecule has 1 N–H and O–H groups in total. The Morgan fingerprint density at radius 1 is 1.29 bits per heavy atom. The first-order chi connectivity index (χ1) is 9.64. The van der Waals surface area contributed by atoms with Crippen LogP contribution in [0.4, 0.5) is 18.9 Å². The predicted molar refractivity (Wildman–Crippen MR) is 69.3 cm³/mol. The summed E-state index contributed by atoms with van der Waals surface area (Å²) < 4.78 is 61.0. The van der Waals surface area contributed by atoms with Gasteiger partial charge in [0.1, 0.15) is 6.04 Å². The van der Waals surface area contributed by atoms with Crippen LogP contribution in [-0.2, 0) is 14.6 Å². The summed E-state index contributed by atoms with van der Waals surface area (Å²) >= 11 is 0. The van der Waals surface area contributed by atoms with E-state index in [4.69, 9.17) is 0 Å². The quantitative estimate of drug-likeness (QED) is 0.918. The second kappa shape index (κ2) is 5.21. The summed E-state index contributed by atoms with van der Waals surface area (Å²) in [5.74, 6) is -0.283. The van der Waals surface area contributed by atoms with Crippen LogP contribution in [0.15, 0.2) is 29.2 Å². The van der Waals surface area contributed by atoms with Crippen molar-refractivity contribution in [2.24, 2.45) is 0 Å². The lowest BCUT2D eigenvalue weighted by Gasteiger charge is -2.17. The summed E-state index contributed by atoms with van der Waals surface area (Å²) in [5, 5.41) is 2.60. The van der Waals surface area contributed by atoms with Crippen LogP contribution >= 0.6 is 0 Å². The van der Waals surface area contributed by atoms with Gasteiger partial charge in [-0.3, -0.25) is 4.79 Å². The molecule has 0 spiro atoms. The number of benzene rings is 1. The molecule has 1 heterocycles. The number of alkyl halides is 3. The number of likely N-dealkylation sites (tertiary alicyclic amines) is 1. The molecule has 0 saturated carbocycles. The van der Waals surface area contributed by atoms with Crippen LogP contribution in [0.2, 0.25) is 0 Å². The van der Waals surface area contributed by atoms with Gasteiger partial charge in [-0.15, -0.1) is 0 Å². The van der Waals surface area contributed by atoms with Gasteiger partial charge in [0.05, 0.1) is 10.6 Å². The van der Waals surface area contributed by atoms with E-state index in [0.29, 0.717) is 13.0 Å². The van der Waals surface area contributed by atoms with Crippen LogP contribution in [0, 0.1) is 0 Å². The molecule has 0 aromatic heterocycles. The number of likely N-dealkylation sites (N-methyl/N-ethyl adjacent to an activating group) is 1. The van der Waals surface area contributed by atoms with E-state index in [2.05, 4.69) is 5.32 Å². The van der Waals surface area contributed by atoms with Gasteiger partial charge < -0.3 is 10.2 Å². The van der Waals surface area contributed by atoms with Gasteiger partial charge in [0.2, 0.25) is 5.91 Å². The average Bonchev–Trinajstić information content (AvgIpc) is 2.70. The Kier molecular flexibility index (Phi) is 3.87. The van der Waals surface area contributed by atoms with E-state index in [1.807, 2.05) is 0 Å². The Morgan fingerprint density at radius 2 is 1.90 bits per heavy atom. The number of carbonyl (C=O) groups excluding carboxylic acids is 1. The maximum absolute atomic E-state index is 12.7. The number of amides is 1. The van der Waals surface area contributed by atoms with Crippen LogP contribution in [0.1, 0.15) is 6.42 Å². The number of para-hydroxylation sites is 1. The first-order valence-corrected chi connectivity index (χ1v) is 7.55. The van der Waals surface area contributed by atoms with Crippen LogP contribution in [-0.4, -0.2) is 44.4 Å². The molecule has 0 aliphatic carbocycles. The van der Waals surface area contributed by atoms with Crippen molar-refractivity contribution < 1.29 is 26.4 Å². The summed E-state index contributed by atoms with van der Waals surface area (Å²) in [5.41, 5.74) is -5.61. The normalized spacial score (nSPS) is 19.9. The van der Waals surface area contributed by atoms with E-state index in [-0.39, 0.29) is 11.6 Å². The highest BCUT2D eigenvalue weighted by molar-refractivity contribution is 7.92. The molecule has 21 heavy (non-hydrogen) atoms. The minimum Gasteiger partial charge on any atom is -0.373 e. The van der Waals surface area contributed by atoms with Gasteiger partial charge in [-0.2, -0.15) is 13.2 Å². The summed E-state index contributed by atoms with van der Waals surface area (Å²) in [6, 6.07) is 3.96. The SMILES string of the molecule is CN1CCC(Nc2ccccc2S(=O)(=O)C(F)(F)F)C1=O. The Hall–Kier alpha value is -1.77. The topological polar surface area (TPSA) is 66.5 Å². The number of anilines is 1. The number of rotatable bonds is 3. The summed E-state index contributed by atoms with van der Waals surface area (Å²) in [4.78, 5) is 12.3. The van der Waals surface area contributed by atoms with Crippen molar-refractivity contribution in [3.63, 3.8) is 0 Å². The average molecular weight is 322 g/mol. The molecule has 1 aliphatic heterocycles. The Morgan fingerprint density at radius 3 is 2.43 bits per heavy atom. The van der Waals surface area contributed by atoms with Gasteiger partial charge in [0, 0.05) is 13.6 Å². The predicted octanol–water partition coefficient (Wildman–Crippen LogP) is 1.62. The molecule has 2 rings (SSSR count). The molecule has 1 unspecified atom stereocenters. The van der Waals surface area contributed by atoms with E-state index in [0.717, 1.165) is 6.07 Å². The molecule has 1 aliphatic rings. The molecule has 0 bridgehead atoms. The number of sulfone groups is 1. The van der Waals surface area contributed by atoms with Crippen molar-refractivity contribution in [1.82, 2.24) is 4.90 Å². The molecule has 9 heteroatoms. The largest absolute Gasteiger partial charge is 0.501 e. The fourth-order valence-electron chi connectivity index (χ4n) is 2.09. The highest BCUT2D eigenvalue weighted by Crippen LogP contribution is 2.34. The highest BCUT2D eigenvalue weighted by Gasteiger charge is 2.48. The third kappa shape index (κ3) is 2.82. The van der Waals surface area contributed by atoms with Gasteiger partial charge in [-0.25, -0.2) is 8.42 Å². The zero-order valence-electron chi connectivity index (χ0n) is 11.0. The smallest absolute Gasteiger partial charge is 0.373 e. The maximum atomic E-state index is 12.7. The lowest BCUT2D eigenvalue weighted by molar-refractivity contribution is -0.127. The third-order valence-corrected chi connectivity index (χ3v) is 4.78. The monoisotopic (exact) mass is 322 g/mol. The summed E-state index contributed by atoms with van der Waals surface area (Å²) in [6.45, 7) is 0.463. The minimum atomic E-state index is -5.47. The van der Waals surface area contributed by atoms with Crippen molar-refractivity contribution in [3.8, 4) is 0 Å². The maximum Gasteiger partial charge on any atom is 0.501 e. The second-order valence-corrected chi connectivity index (χ2v) is 6.60. The molecule has 1 fully saturated rings. The highest BCUT2D eigenvalue weighted by atomic mass is 32.2. The first kappa shape index (κ1) is 15.6. The fourth-order valence-corrected chi connectivity index (χ4v) is 3.01. The number of halogens is 3. The number of nitrogens with zero attached hydrogens (tertiary/aromatic N) is 1. The van der Waals surface area contributed by atoms with E-state index < -0.39 is 26.3 Å². The molecule has 1 atom stereocenters. The molecule has 1 saturated heterocycles. The van der Waals surface area contributed by atoms with Crippen LogP contribution in [0.25, 0.3) is 0 Å². The molecule has 0 radical (unpaired) electrons. The number of hydrogen-bond donors (Lipinski definition) is 1. The van der Waals surface area contributed by atoms with Crippen molar-refractivity contribution >= 4 is 21.4 Å². The Balaban J connectivity index is 2.37. The van der Waals surface area contributed by atoms with E-state index in [1.54, 1.807) is 7.05 Å². The van der Waals surface area contributed by atoms with Gasteiger partial charge in [0.15, 0.2) is 0 Å². The van der Waals surface area contributed by atoms with Gasteiger partial charge in [-0.05, 0) is 18.6 Å². The van der Waals surface area contributed by atoms with E-state index in [1.165, 1.54) is 23.1 Å². The second-order valence-electron chi connectivity index (χ2n) is 4.69. The summed E-state index contributed by atoms with van der Waals surface area (Å²) in [6.07, 6.45) is 0.399. The fraction of sp³-hybridized carbons (Fsp3) is 0.417. The van der Waals surface area contributed by atoms with E-state index in [9.17, 15) is 26.4 Å². The lowest BCUT2D eigenvalue weighted by atomic mass is 10.2. The van der Waals surface area contributed by atoms with Crippen molar-refractivity contribution in [2.45, 2.75) is 22.9 Å². The summed E-state index contributed by atoms with van der Waals surface area (Å²) in [7, 11) is -3.90. The zero-order valence-corrected chi connectivity index (χ0v) is 11.8. The molecule has 116 valence electrons.